The maximum absolute atomic E-state index is 13.2. The van der Waals surface area contributed by atoms with Gasteiger partial charge >= 0.3 is 11.9 Å². The van der Waals surface area contributed by atoms with Gasteiger partial charge in [0.2, 0.25) is 6.79 Å². The van der Waals surface area contributed by atoms with Gasteiger partial charge in [-0.25, -0.2) is 9.78 Å². The van der Waals surface area contributed by atoms with Gasteiger partial charge in [-0.2, -0.15) is 0 Å². The number of amides is 2. The van der Waals surface area contributed by atoms with Gasteiger partial charge in [0.05, 0.1) is 5.41 Å². The average molecular weight is 611 g/mol. The number of nitrogen functional groups attached to an aromatic ring is 1. The Labute approximate surface area is 240 Å². The van der Waals surface area contributed by atoms with Gasteiger partial charge in [0.1, 0.15) is 22.8 Å². The third kappa shape index (κ3) is 6.13. The number of nitrogens with zero attached hydrogens (tertiary/aromatic N) is 4. The Hall–Kier alpha value is -3.89. The Bertz CT molecular complexity index is 1440. The van der Waals surface area contributed by atoms with Crippen LogP contribution in [0.2, 0.25) is 5.15 Å². The van der Waals surface area contributed by atoms with Crippen LogP contribution in [0.4, 0.5) is 5.13 Å². The Morgan fingerprint density at radius 3 is 2.70 bits per heavy atom. The molecule has 0 spiro atoms. The number of anilines is 1. The smallest absolute Gasteiger partial charge is 0.358 e. The van der Waals surface area contributed by atoms with E-state index in [4.69, 9.17) is 31.3 Å². The van der Waals surface area contributed by atoms with Crippen molar-refractivity contribution in [3.05, 3.63) is 45.4 Å². The molecule has 1 fully saturated rings. The highest BCUT2D eigenvalue weighted by atomic mass is 35.5. The lowest BCUT2D eigenvalue weighted by atomic mass is 9.98. The van der Waals surface area contributed by atoms with Gasteiger partial charge in [-0.3, -0.25) is 19.3 Å². The van der Waals surface area contributed by atoms with E-state index in [0.29, 0.717) is 11.3 Å². The van der Waals surface area contributed by atoms with E-state index in [1.165, 1.54) is 34.2 Å². The van der Waals surface area contributed by atoms with Gasteiger partial charge in [-0.1, -0.05) is 28.0 Å². The van der Waals surface area contributed by atoms with Crippen molar-refractivity contribution < 1.29 is 38.4 Å². The van der Waals surface area contributed by atoms with Crippen LogP contribution in [0.5, 0.6) is 0 Å². The highest BCUT2D eigenvalue weighted by Crippen LogP contribution is 2.41. The van der Waals surface area contributed by atoms with Crippen molar-refractivity contribution in [2.75, 3.05) is 18.3 Å². The van der Waals surface area contributed by atoms with Crippen LogP contribution in [0.25, 0.3) is 6.08 Å². The maximum atomic E-state index is 13.2. The molecule has 0 unspecified atom stereocenters. The number of carbonyl (C=O) groups is 4. The SMILES string of the molecule is CC(C)(C)C(=O)OCOC(=O)C1=C(/C=C\c2cc(Cl)no2)CS[C@@H]2[C@H](NC(=O)/C(=N\O)c3csc(N)n3)C(=O)N12. The van der Waals surface area contributed by atoms with E-state index >= 15 is 0 Å². The second kappa shape index (κ2) is 11.7. The molecule has 17 heteroatoms. The van der Waals surface area contributed by atoms with Gasteiger partial charge in [0.25, 0.3) is 11.8 Å². The van der Waals surface area contributed by atoms with E-state index in [1.807, 2.05) is 0 Å². The number of allylic oxidation sites excluding steroid dienone is 1. The molecule has 2 aromatic heterocycles. The number of carbonyl (C=O) groups excluding carboxylic acids is 4. The number of nitrogens with one attached hydrogen (secondary N) is 1. The molecule has 2 aliphatic rings. The zero-order chi connectivity index (χ0) is 29.2. The van der Waals surface area contributed by atoms with Crippen molar-refractivity contribution in [1.29, 1.82) is 0 Å². The van der Waals surface area contributed by atoms with E-state index in [1.54, 1.807) is 26.8 Å². The lowest BCUT2D eigenvalue weighted by Gasteiger charge is -2.49. The molecule has 0 saturated carbocycles. The third-order valence-corrected chi connectivity index (χ3v) is 7.65. The molecule has 0 radical (unpaired) electrons. The molecule has 1 saturated heterocycles. The lowest BCUT2D eigenvalue weighted by molar-refractivity contribution is -0.173. The van der Waals surface area contributed by atoms with Crippen LogP contribution in [-0.4, -0.2) is 73.7 Å². The van der Waals surface area contributed by atoms with E-state index in [2.05, 4.69) is 20.6 Å². The quantitative estimate of drug-likeness (QED) is 0.0982. The first-order chi connectivity index (χ1) is 18.9. The number of fused-ring (bicyclic) bond motifs is 1. The second-order valence-electron chi connectivity index (χ2n) is 9.37. The highest BCUT2D eigenvalue weighted by molar-refractivity contribution is 8.00. The first-order valence-electron chi connectivity index (χ1n) is 11.5. The van der Waals surface area contributed by atoms with Crippen molar-refractivity contribution >= 4 is 75.4 Å². The fourth-order valence-corrected chi connectivity index (χ4v) is 5.54. The Balaban J connectivity index is 1.54. The van der Waals surface area contributed by atoms with Gasteiger partial charge in [-0.15, -0.1) is 23.1 Å². The van der Waals surface area contributed by atoms with E-state index in [-0.39, 0.29) is 27.4 Å². The van der Waals surface area contributed by atoms with E-state index in [0.717, 1.165) is 11.3 Å². The largest absolute Gasteiger partial charge is 0.427 e. The summed E-state index contributed by atoms with van der Waals surface area (Å²) >= 11 is 8.10. The highest BCUT2D eigenvalue weighted by Gasteiger charge is 2.54. The molecule has 14 nitrogen and oxygen atoms in total. The van der Waals surface area contributed by atoms with E-state index in [9.17, 15) is 24.4 Å². The van der Waals surface area contributed by atoms with Crippen molar-refractivity contribution in [3.63, 3.8) is 0 Å². The molecular formula is C23H23ClN6O8S2. The molecule has 2 aromatic rings. The molecule has 0 aromatic carbocycles. The number of halogens is 1. The van der Waals surface area contributed by atoms with Gasteiger partial charge in [-0.05, 0) is 32.4 Å². The summed E-state index contributed by atoms with van der Waals surface area (Å²) in [5.41, 5.74) is 4.68. The number of thiazole rings is 1. The fraction of sp³-hybridized carbons (Fsp3) is 0.348. The van der Waals surface area contributed by atoms with Crippen LogP contribution in [0.1, 0.15) is 32.2 Å². The molecular weight excluding hydrogens is 588 g/mol. The van der Waals surface area contributed by atoms with Gasteiger partial charge < -0.3 is 30.3 Å². The third-order valence-electron chi connectivity index (χ3n) is 5.50. The zero-order valence-corrected chi connectivity index (χ0v) is 23.6. The zero-order valence-electron chi connectivity index (χ0n) is 21.2. The van der Waals surface area contributed by atoms with Crippen LogP contribution in [0.15, 0.2) is 38.5 Å². The lowest BCUT2D eigenvalue weighted by Crippen LogP contribution is -2.71. The first-order valence-corrected chi connectivity index (χ1v) is 13.8. The molecule has 212 valence electrons. The summed E-state index contributed by atoms with van der Waals surface area (Å²) in [7, 11) is 0. The normalized spacial score (nSPS) is 19.4. The summed E-state index contributed by atoms with van der Waals surface area (Å²) in [6, 6.07) is 0.406. The summed E-state index contributed by atoms with van der Waals surface area (Å²) in [5, 5.41) is 19.5. The molecule has 2 amide bonds. The number of nitrogens with two attached hydrogens (primary N) is 1. The number of hydrogen-bond donors (Lipinski definition) is 3. The van der Waals surface area contributed by atoms with Crippen LogP contribution < -0.4 is 11.1 Å². The maximum Gasteiger partial charge on any atom is 0.358 e. The number of aromatic nitrogens is 2. The molecule has 0 bridgehead atoms. The van der Waals surface area contributed by atoms with Crippen LogP contribution in [-0.2, 0) is 28.7 Å². The average Bonchev–Trinajstić information content (AvgIpc) is 3.52. The molecule has 4 heterocycles. The first kappa shape index (κ1) is 29.1. The number of β-lactam (4-membered cyclic amide) rings is 1. The van der Waals surface area contributed by atoms with Crippen LogP contribution >= 0.6 is 34.7 Å². The number of oxime groups is 1. The standard InChI is InChI=1S/C23H23ClN6O8S2/c1-23(2,3)21(34)37-9-36-20(33)16-10(4-5-11-6-13(24)29-38-11)7-39-19-15(18(32)30(16)19)27-17(31)14(28-35)12-8-40-22(25)26-12/h4-6,8,15,19,35H,7,9H2,1-3H3,(H2,25,26)(H,27,31)/b5-4-,28-14-/t15-,19-/m1/s1. The van der Waals surface area contributed by atoms with Gasteiger partial charge in [0, 0.05) is 17.2 Å². The molecule has 2 aliphatic heterocycles. The van der Waals surface area contributed by atoms with Crippen molar-refractivity contribution in [1.82, 2.24) is 20.4 Å². The minimum atomic E-state index is -1.05. The Morgan fingerprint density at radius 2 is 2.10 bits per heavy atom. The summed E-state index contributed by atoms with van der Waals surface area (Å²) < 4.78 is 15.2. The van der Waals surface area contributed by atoms with Crippen LogP contribution in [0.3, 0.4) is 0 Å². The van der Waals surface area contributed by atoms with Crippen molar-refractivity contribution in [2.45, 2.75) is 32.2 Å². The predicted molar refractivity (Wildman–Crippen MR) is 144 cm³/mol. The second-order valence-corrected chi connectivity index (χ2v) is 11.8. The summed E-state index contributed by atoms with van der Waals surface area (Å²) in [6.45, 7) is 4.26. The minimum absolute atomic E-state index is 0.0383. The van der Waals surface area contributed by atoms with Crippen molar-refractivity contribution in [2.24, 2.45) is 10.6 Å². The summed E-state index contributed by atoms with van der Waals surface area (Å²) in [6.07, 6.45) is 3.05. The van der Waals surface area contributed by atoms with E-state index < -0.39 is 53.1 Å². The summed E-state index contributed by atoms with van der Waals surface area (Å²) in [5.74, 6) is -2.45. The molecule has 4 N–H and O–H groups in total. The molecule has 0 aliphatic carbocycles. The topological polar surface area (TPSA) is 200 Å². The molecule has 40 heavy (non-hydrogen) atoms. The minimum Gasteiger partial charge on any atom is -0.427 e. The number of hydrogen-bond acceptors (Lipinski definition) is 14. The summed E-state index contributed by atoms with van der Waals surface area (Å²) in [4.78, 5) is 56.3. The van der Waals surface area contributed by atoms with Gasteiger partial charge in [0.15, 0.2) is 21.8 Å². The van der Waals surface area contributed by atoms with Crippen LogP contribution in [0, 0.1) is 5.41 Å². The molecule has 4 rings (SSSR count). The monoisotopic (exact) mass is 610 g/mol. The number of esters is 2. The van der Waals surface area contributed by atoms with Crippen molar-refractivity contribution in [3.8, 4) is 0 Å². The Kier molecular flexibility index (Phi) is 8.51. The Morgan fingerprint density at radius 1 is 1.35 bits per heavy atom. The fourth-order valence-electron chi connectivity index (χ4n) is 3.53. The molecule has 2 atom stereocenters. The number of ether oxygens (including phenoxy) is 2. The number of thioether (sulfide) groups is 1. The number of rotatable bonds is 8. The predicted octanol–water partition coefficient (Wildman–Crippen LogP) is 2.00.